The maximum absolute atomic E-state index is 12.6. The highest BCUT2D eigenvalue weighted by molar-refractivity contribution is 6.00. The zero-order valence-corrected chi connectivity index (χ0v) is 17.7. The Balaban J connectivity index is 1.56. The van der Waals surface area contributed by atoms with E-state index in [0.717, 1.165) is 17.0 Å². The molecule has 2 aromatic carbocycles. The first-order valence-corrected chi connectivity index (χ1v) is 10.1. The summed E-state index contributed by atoms with van der Waals surface area (Å²) in [6, 6.07) is 15.8. The molecule has 0 aromatic heterocycles. The number of methoxy groups -OCH3 is 1. The lowest BCUT2D eigenvalue weighted by Crippen LogP contribution is -2.34. The molecule has 5 nitrogen and oxygen atoms in total. The minimum absolute atomic E-state index is 0.00149. The van der Waals surface area contributed by atoms with E-state index in [-0.39, 0.29) is 29.6 Å². The molecule has 3 rings (SSSR count). The van der Waals surface area contributed by atoms with Crippen molar-refractivity contribution in [3.05, 3.63) is 59.7 Å². The number of carbonyl (C=O) groups is 2. The Morgan fingerprint density at radius 2 is 1.83 bits per heavy atom. The van der Waals surface area contributed by atoms with Crippen molar-refractivity contribution in [2.75, 3.05) is 25.1 Å². The second-order valence-electron chi connectivity index (χ2n) is 8.56. The summed E-state index contributed by atoms with van der Waals surface area (Å²) in [6.45, 7) is 7.43. The minimum atomic E-state index is -0.317. The van der Waals surface area contributed by atoms with Gasteiger partial charge in [0.15, 0.2) is 0 Å². The standard InChI is InChI=1S/C24H30N2O3/c1-24(2,3)19-9-11-20(12-10-19)26-16-18(15-22(26)27)23(28)25-14-13-17-7-5-6-8-21(17)29-4/h5-12,18H,13-16H2,1-4H3,(H,25,28). The molecule has 2 amide bonds. The molecule has 1 fully saturated rings. The Labute approximate surface area is 173 Å². The monoisotopic (exact) mass is 394 g/mol. The van der Waals surface area contributed by atoms with E-state index in [1.165, 1.54) is 5.56 Å². The quantitative estimate of drug-likeness (QED) is 0.813. The Hall–Kier alpha value is -2.82. The maximum atomic E-state index is 12.6. The van der Waals surface area contributed by atoms with Gasteiger partial charge in [-0.2, -0.15) is 0 Å². The molecule has 1 saturated heterocycles. The molecule has 0 saturated carbocycles. The van der Waals surface area contributed by atoms with Crippen LogP contribution in [-0.4, -0.2) is 32.0 Å². The Morgan fingerprint density at radius 3 is 2.48 bits per heavy atom. The first kappa shape index (κ1) is 20.9. The molecule has 0 spiro atoms. The van der Waals surface area contributed by atoms with Crippen LogP contribution in [0, 0.1) is 5.92 Å². The second kappa shape index (κ2) is 8.68. The van der Waals surface area contributed by atoms with Gasteiger partial charge in [0.05, 0.1) is 13.0 Å². The molecular formula is C24H30N2O3. The lowest BCUT2D eigenvalue weighted by Gasteiger charge is -2.21. The summed E-state index contributed by atoms with van der Waals surface area (Å²) in [5.41, 5.74) is 3.20. The fourth-order valence-corrected chi connectivity index (χ4v) is 3.65. The molecule has 0 radical (unpaired) electrons. The van der Waals surface area contributed by atoms with Crippen molar-refractivity contribution >= 4 is 17.5 Å². The van der Waals surface area contributed by atoms with Crippen LogP contribution in [0.15, 0.2) is 48.5 Å². The van der Waals surface area contributed by atoms with E-state index in [1.54, 1.807) is 12.0 Å². The first-order chi connectivity index (χ1) is 13.8. The Bertz CT molecular complexity index is 868. The van der Waals surface area contributed by atoms with Crippen LogP contribution in [0.3, 0.4) is 0 Å². The number of benzene rings is 2. The molecule has 1 aliphatic heterocycles. The fraction of sp³-hybridized carbons (Fsp3) is 0.417. The lowest BCUT2D eigenvalue weighted by atomic mass is 9.87. The van der Waals surface area contributed by atoms with Gasteiger partial charge in [-0.05, 0) is 41.2 Å². The summed E-state index contributed by atoms with van der Waals surface area (Å²) >= 11 is 0. The molecule has 154 valence electrons. The van der Waals surface area contributed by atoms with E-state index >= 15 is 0 Å². The Kier molecular flexibility index (Phi) is 6.26. The SMILES string of the molecule is COc1ccccc1CCNC(=O)C1CC(=O)N(c2ccc(C(C)(C)C)cc2)C1. The number of para-hydroxylation sites is 1. The van der Waals surface area contributed by atoms with Gasteiger partial charge in [0.2, 0.25) is 11.8 Å². The third-order valence-electron chi connectivity index (χ3n) is 5.43. The van der Waals surface area contributed by atoms with E-state index in [9.17, 15) is 9.59 Å². The highest BCUT2D eigenvalue weighted by Crippen LogP contribution is 2.29. The molecule has 1 atom stereocenters. The van der Waals surface area contributed by atoms with Crippen molar-refractivity contribution < 1.29 is 14.3 Å². The van der Waals surface area contributed by atoms with Gasteiger partial charge in [-0.25, -0.2) is 0 Å². The summed E-state index contributed by atoms with van der Waals surface area (Å²) in [5.74, 6) is 0.436. The number of hydrogen-bond acceptors (Lipinski definition) is 3. The van der Waals surface area contributed by atoms with Crippen molar-refractivity contribution in [3.63, 3.8) is 0 Å². The minimum Gasteiger partial charge on any atom is -0.496 e. The van der Waals surface area contributed by atoms with Gasteiger partial charge < -0.3 is 15.0 Å². The first-order valence-electron chi connectivity index (χ1n) is 10.1. The molecule has 0 bridgehead atoms. The van der Waals surface area contributed by atoms with Gasteiger partial charge in [-0.15, -0.1) is 0 Å². The number of ether oxygens (including phenoxy) is 1. The van der Waals surface area contributed by atoms with Crippen LogP contribution in [0.2, 0.25) is 0 Å². The third-order valence-corrected chi connectivity index (χ3v) is 5.43. The van der Waals surface area contributed by atoms with Crippen molar-refractivity contribution in [3.8, 4) is 5.75 Å². The number of amides is 2. The molecule has 1 N–H and O–H groups in total. The largest absolute Gasteiger partial charge is 0.496 e. The van der Waals surface area contributed by atoms with Crippen molar-refractivity contribution in [2.24, 2.45) is 5.92 Å². The summed E-state index contributed by atoms with van der Waals surface area (Å²) in [6.07, 6.45) is 0.940. The van der Waals surface area contributed by atoms with Crippen LogP contribution in [0.25, 0.3) is 0 Å². The van der Waals surface area contributed by atoms with Crippen molar-refractivity contribution in [2.45, 2.75) is 39.0 Å². The smallest absolute Gasteiger partial charge is 0.227 e. The van der Waals surface area contributed by atoms with E-state index in [2.05, 4.69) is 38.2 Å². The van der Waals surface area contributed by atoms with Gasteiger partial charge in [-0.1, -0.05) is 51.1 Å². The highest BCUT2D eigenvalue weighted by atomic mass is 16.5. The number of carbonyl (C=O) groups excluding carboxylic acids is 2. The van der Waals surface area contributed by atoms with Gasteiger partial charge >= 0.3 is 0 Å². The van der Waals surface area contributed by atoms with Crippen LogP contribution >= 0.6 is 0 Å². The molecule has 1 unspecified atom stereocenters. The number of rotatable bonds is 6. The zero-order valence-electron chi connectivity index (χ0n) is 17.7. The van der Waals surface area contributed by atoms with Crippen molar-refractivity contribution in [1.82, 2.24) is 5.32 Å². The highest BCUT2D eigenvalue weighted by Gasteiger charge is 2.35. The van der Waals surface area contributed by atoms with Crippen LogP contribution in [0.4, 0.5) is 5.69 Å². The Morgan fingerprint density at radius 1 is 1.14 bits per heavy atom. The van der Waals surface area contributed by atoms with Crippen LogP contribution < -0.4 is 15.0 Å². The van der Waals surface area contributed by atoms with Gasteiger partial charge in [-0.3, -0.25) is 9.59 Å². The predicted molar refractivity (Wildman–Crippen MR) is 115 cm³/mol. The number of nitrogens with one attached hydrogen (secondary N) is 1. The third kappa shape index (κ3) is 4.97. The predicted octanol–water partition coefficient (Wildman–Crippen LogP) is 3.70. The zero-order chi connectivity index (χ0) is 21.0. The fourth-order valence-electron chi connectivity index (χ4n) is 3.65. The molecule has 2 aromatic rings. The summed E-state index contributed by atoms with van der Waals surface area (Å²) in [7, 11) is 1.64. The van der Waals surface area contributed by atoms with Crippen molar-refractivity contribution in [1.29, 1.82) is 0 Å². The molecule has 5 heteroatoms. The molecule has 29 heavy (non-hydrogen) atoms. The topological polar surface area (TPSA) is 58.6 Å². The molecule has 1 aliphatic rings. The molecule has 0 aliphatic carbocycles. The van der Waals surface area contributed by atoms with E-state index in [4.69, 9.17) is 4.74 Å². The molecular weight excluding hydrogens is 364 g/mol. The maximum Gasteiger partial charge on any atom is 0.227 e. The summed E-state index contributed by atoms with van der Waals surface area (Å²) < 4.78 is 5.35. The number of anilines is 1. The number of hydrogen-bond donors (Lipinski definition) is 1. The van der Waals surface area contributed by atoms with E-state index in [1.807, 2.05) is 36.4 Å². The van der Waals surface area contributed by atoms with Crippen LogP contribution in [0.1, 0.15) is 38.3 Å². The average molecular weight is 395 g/mol. The average Bonchev–Trinajstić information content (AvgIpc) is 3.09. The van der Waals surface area contributed by atoms with Crippen LogP contribution in [0.5, 0.6) is 5.75 Å². The van der Waals surface area contributed by atoms with Gasteiger partial charge in [0, 0.05) is 25.2 Å². The normalized spacial score (nSPS) is 16.8. The molecule has 1 heterocycles. The van der Waals surface area contributed by atoms with Gasteiger partial charge in [0.25, 0.3) is 0 Å². The second-order valence-corrected chi connectivity index (χ2v) is 8.56. The number of nitrogens with zero attached hydrogens (tertiary/aromatic N) is 1. The van der Waals surface area contributed by atoms with Gasteiger partial charge in [0.1, 0.15) is 5.75 Å². The van der Waals surface area contributed by atoms with E-state index < -0.39 is 0 Å². The lowest BCUT2D eigenvalue weighted by molar-refractivity contribution is -0.126. The summed E-state index contributed by atoms with van der Waals surface area (Å²) in [4.78, 5) is 26.8. The summed E-state index contributed by atoms with van der Waals surface area (Å²) in [5, 5.41) is 2.97. The van der Waals surface area contributed by atoms with Crippen LogP contribution in [-0.2, 0) is 21.4 Å². The van der Waals surface area contributed by atoms with E-state index in [0.29, 0.717) is 19.5 Å².